The van der Waals surface area contributed by atoms with Gasteiger partial charge in [-0.05, 0) is 24.8 Å². The van der Waals surface area contributed by atoms with Crippen LogP contribution in [0.2, 0.25) is 0 Å². The zero-order chi connectivity index (χ0) is 16.5. The summed E-state index contributed by atoms with van der Waals surface area (Å²) in [6.45, 7) is 4.97. The van der Waals surface area contributed by atoms with Gasteiger partial charge in [-0.2, -0.15) is 5.10 Å². The fourth-order valence-electron chi connectivity index (χ4n) is 2.98. The molecule has 0 amide bonds. The van der Waals surface area contributed by atoms with Crippen molar-refractivity contribution in [3.8, 4) is 10.8 Å². The number of hydrogen-bond acceptors (Lipinski definition) is 7. The summed E-state index contributed by atoms with van der Waals surface area (Å²) in [6, 6.07) is 4.30. The van der Waals surface area contributed by atoms with E-state index in [9.17, 15) is 0 Å². The molecule has 0 spiro atoms. The van der Waals surface area contributed by atoms with Crippen molar-refractivity contribution < 1.29 is 4.42 Å². The first-order chi connectivity index (χ1) is 11.7. The second-order valence-electron chi connectivity index (χ2n) is 6.03. The summed E-state index contributed by atoms with van der Waals surface area (Å²) in [7, 11) is 0. The molecule has 0 aromatic carbocycles. The van der Waals surface area contributed by atoms with E-state index in [4.69, 9.17) is 4.42 Å². The summed E-state index contributed by atoms with van der Waals surface area (Å²) < 4.78 is 7.84. The van der Waals surface area contributed by atoms with Crippen molar-refractivity contribution in [3.05, 3.63) is 35.1 Å². The van der Waals surface area contributed by atoms with Crippen molar-refractivity contribution in [3.63, 3.8) is 0 Å². The number of thiophene rings is 1. The molecule has 2 atom stereocenters. The van der Waals surface area contributed by atoms with Gasteiger partial charge in [0.1, 0.15) is 5.82 Å². The van der Waals surface area contributed by atoms with Crippen molar-refractivity contribution in [1.82, 2.24) is 30.3 Å². The zero-order valence-corrected chi connectivity index (χ0v) is 14.6. The van der Waals surface area contributed by atoms with Crippen LogP contribution < -0.4 is 5.32 Å². The first-order valence-electron chi connectivity index (χ1n) is 8.29. The van der Waals surface area contributed by atoms with Gasteiger partial charge in [-0.1, -0.05) is 13.0 Å². The monoisotopic (exact) mass is 344 g/mol. The van der Waals surface area contributed by atoms with Gasteiger partial charge in [0.15, 0.2) is 5.82 Å². The molecule has 126 valence electrons. The molecule has 4 rings (SSSR count). The van der Waals surface area contributed by atoms with E-state index in [1.165, 1.54) is 0 Å². The highest BCUT2D eigenvalue weighted by Crippen LogP contribution is 2.25. The van der Waals surface area contributed by atoms with Gasteiger partial charge in [-0.15, -0.1) is 21.5 Å². The topological polar surface area (TPSA) is 81.7 Å². The fourth-order valence-corrected chi connectivity index (χ4v) is 3.62. The van der Waals surface area contributed by atoms with Crippen LogP contribution in [0.15, 0.2) is 21.9 Å². The molecular weight excluding hydrogens is 324 g/mol. The molecule has 7 nitrogen and oxygen atoms in total. The van der Waals surface area contributed by atoms with E-state index in [0.717, 1.165) is 42.3 Å². The van der Waals surface area contributed by atoms with E-state index in [-0.39, 0.29) is 6.04 Å². The van der Waals surface area contributed by atoms with E-state index in [2.05, 4.69) is 39.4 Å². The molecule has 8 heteroatoms. The molecule has 24 heavy (non-hydrogen) atoms. The van der Waals surface area contributed by atoms with Crippen LogP contribution in [0.5, 0.6) is 0 Å². The molecule has 0 bridgehead atoms. The van der Waals surface area contributed by atoms with E-state index in [1.54, 1.807) is 11.3 Å². The summed E-state index contributed by atoms with van der Waals surface area (Å²) in [5, 5.41) is 18.5. The minimum absolute atomic E-state index is 0.00642. The third-order valence-corrected chi connectivity index (χ3v) is 5.10. The molecule has 0 saturated heterocycles. The Morgan fingerprint density at radius 2 is 2.38 bits per heavy atom. The Bertz CT molecular complexity index is 809. The largest absolute Gasteiger partial charge is 0.418 e. The van der Waals surface area contributed by atoms with Gasteiger partial charge in [0.25, 0.3) is 5.89 Å². The van der Waals surface area contributed by atoms with E-state index >= 15 is 0 Å². The highest BCUT2D eigenvalue weighted by Gasteiger charge is 2.24. The number of hydrogen-bond donors (Lipinski definition) is 1. The quantitative estimate of drug-likeness (QED) is 0.766. The van der Waals surface area contributed by atoms with E-state index < -0.39 is 0 Å². The Labute approximate surface area is 144 Å². The van der Waals surface area contributed by atoms with Crippen molar-refractivity contribution in [2.24, 2.45) is 0 Å². The molecule has 4 heterocycles. The van der Waals surface area contributed by atoms with Crippen LogP contribution in [-0.4, -0.2) is 31.0 Å². The van der Waals surface area contributed by atoms with Crippen molar-refractivity contribution >= 4 is 11.3 Å². The standard InChI is InChI=1S/C16H20N6OS/c1-3-13-18-14-7-6-11(9-22(14)21-13)17-10(2)15-19-20-16(23-15)12-5-4-8-24-12/h4-5,8,10-11,17H,3,6-7,9H2,1-2H3/t10-,11-/m0/s1. The van der Waals surface area contributed by atoms with Gasteiger partial charge in [0, 0.05) is 18.9 Å². The Kier molecular flexibility index (Phi) is 4.15. The van der Waals surface area contributed by atoms with Crippen LogP contribution in [0.25, 0.3) is 10.8 Å². The summed E-state index contributed by atoms with van der Waals surface area (Å²) in [6.07, 6.45) is 2.86. The lowest BCUT2D eigenvalue weighted by Crippen LogP contribution is -2.39. The lowest BCUT2D eigenvalue weighted by molar-refractivity contribution is 0.310. The average molecular weight is 344 g/mol. The van der Waals surface area contributed by atoms with Gasteiger partial charge in [-0.3, -0.25) is 0 Å². The predicted molar refractivity (Wildman–Crippen MR) is 90.7 cm³/mol. The summed E-state index contributed by atoms with van der Waals surface area (Å²) >= 11 is 1.60. The number of rotatable bonds is 5. The van der Waals surface area contributed by atoms with Crippen LogP contribution >= 0.6 is 11.3 Å². The smallest absolute Gasteiger partial charge is 0.257 e. The minimum Gasteiger partial charge on any atom is -0.418 e. The maximum atomic E-state index is 5.81. The molecule has 3 aromatic rings. The van der Waals surface area contributed by atoms with Crippen LogP contribution in [0, 0.1) is 0 Å². The Hall–Kier alpha value is -2.06. The Balaban J connectivity index is 1.42. The molecule has 0 aliphatic carbocycles. The normalized spacial score (nSPS) is 18.5. The highest BCUT2D eigenvalue weighted by molar-refractivity contribution is 7.13. The number of aromatic nitrogens is 5. The van der Waals surface area contributed by atoms with Gasteiger partial charge < -0.3 is 9.73 Å². The molecule has 1 N–H and O–H groups in total. The molecule has 1 aliphatic heterocycles. The first-order valence-corrected chi connectivity index (χ1v) is 9.17. The van der Waals surface area contributed by atoms with Crippen LogP contribution in [0.4, 0.5) is 0 Å². The number of nitrogens with one attached hydrogen (secondary N) is 1. The van der Waals surface area contributed by atoms with Crippen LogP contribution in [0.3, 0.4) is 0 Å². The van der Waals surface area contributed by atoms with Crippen molar-refractivity contribution in [2.75, 3.05) is 0 Å². The second-order valence-corrected chi connectivity index (χ2v) is 6.97. The number of nitrogens with zero attached hydrogens (tertiary/aromatic N) is 5. The average Bonchev–Trinajstić information content (AvgIpc) is 3.32. The predicted octanol–water partition coefficient (Wildman–Crippen LogP) is 2.62. The molecule has 3 aromatic heterocycles. The Morgan fingerprint density at radius 1 is 1.46 bits per heavy atom. The SMILES string of the molecule is CCc1nc2n(n1)C[C@@H](N[C@@H](C)c1nnc(-c3cccs3)o1)CC2. The zero-order valence-electron chi connectivity index (χ0n) is 13.8. The van der Waals surface area contributed by atoms with Gasteiger partial charge >= 0.3 is 0 Å². The van der Waals surface area contributed by atoms with Crippen LogP contribution in [-0.2, 0) is 19.4 Å². The third-order valence-electron chi connectivity index (χ3n) is 4.25. The van der Waals surface area contributed by atoms with Crippen molar-refractivity contribution in [2.45, 2.75) is 51.7 Å². The lowest BCUT2D eigenvalue weighted by Gasteiger charge is -2.25. The van der Waals surface area contributed by atoms with E-state index in [1.807, 2.05) is 22.2 Å². The van der Waals surface area contributed by atoms with Gasteiger partial charge in [-0.25, -0.2) is 9.67 Å². The molecule has 0 saturated carbocycles. The molecule has 0 fully saturated rings. The third kappa shape index (κ3) is 2.99. The van der Waals surface area contributed by atoms with Crippen LogP contribution in [0.1, 0.15) is 43.8 Å². The van der Waals surface area contributed by atoms with Crippen molar-refractivity contribution in [1.29, 1.82) is 0 Å². The highest BCUT2D eigenvalue weighted by atomic mass is 32.1. The summed E-state index contributed by atoms with van der Waals surface area (Å²) in [5.41, 5.74) is 0. The number of aryl methyl sites for hydroxylation is 2. The Morgan fingerprint density at radius 3 is 3.17 bits per heavy atom. The molecule has 1 aliphatic rings. The second kappa shape index (κ2) is 6.45. The van der Waals surface area contributed by atoms with E-state index in [0.29, 0.717) is 17.8 Å². The fraction of sp³-hybridized carbons (Fsp3) is 0.500. The summed E-state index contributed by atoms with van der Waals surface area (Å²) in [4.78, 5) is 5.56. The maximum Gasteiger partial charge on any atom is 0.257 e. The lowest BCUT2D eigenvalue weighted by atomic mass is 10.1. The minimum atomic E-state index is 0.00642. The summed E-state index contributed by atoms with van der Waals surface area (Å²) in [5.74, 6) is 3.23. The number of fused-ring (bicyclic) bond motifs is 1. The molecular formula is C16H20N6OS. The first kappa shape index (κ1) is 15.5. The molecule has 0 radical (unpaired) electrons. The maximum absolute atomic E-state index is 5.81. The van der Waals surface area contributed by atoms with Gasteiger partial charge in [0.2, 0.25) is 5.89 Å². The van der Waals surface area contributed by atoms with Gasteiger partial charge in [0.05, 0.1) is 17.5 Å². The molecule has 0 unspecified atom stereocenters.